The lowest BCUT2D eigenvalue weighted by Crippen LogP contribution is -2.20. The van der Waals surface area contributed by atoms with Crippen LogP contribution in [-0.4, -0.2) is 13.2 Å². The predicted molar refractivity (Wildman–Crippen MR) is 87.6 cm³/mol. The molecule has 3 heteroatoms. The van der Waals surface area contributed by atoms with E-state index in [0.717, 1.165) is 36.0 Å². The van der Waals surface area contributed by atoms with Crippen molar-refractivity contribution < 1.29 is 4.74 Å². The molecule has 0 aliphatic rings. The largest absolute Gasteiger partial charge is 0.493 e. The number of hydrogen-bond donors (Lipinski definition) is 1. The second-order valence-electron chi connectivity index (χ2n) is 5.95. The number of halogens is 1. The van der Waals surface area contributed by atoms with Crippen LogP contribution in [0.1, 0.15) is 46.1 Å². The Labute approximate surface area is 128 Å². The van der Waals surface area contributed by atoms with Crippen molar-refractivity contribution in [3.63, 3.8) is 0 Å². The minimum atomic E-state index is 0.579. The van der Waals surface area contributed by atoms with Crippen LogP contribution in [0.3, 0.4) is 0 Å². The Morgan fingerprint density at radius 1 is 1.25 bits per heavy atom. The lowest BCUT2D eigenvalue weighted by atomic mass is 10.1. The average Bonchev–Trinajstić information content (AvgIpc) is 2.39. The molecule has 1 unspecified atom stereocenters. The van der Waals surface area contributed by atoms with Crippen molar-refractivity contribution in [1.82, 2.24) is 5.32 Å². The van der Waals surface area contributed by atoms with Crippen LogP contribution in [0.4, 0.5) is 0 Å². The molecule has 1 N–H and O–H groups in total. The third-order valence-corrected chi connectivity index (χ3v) is 3.59. The number of benzene rings is 1. The van der Waals surface area contributed by atoms with Crippen LogP contribution >= 0.6 is 11.6 Å². The van der Waals surface area contributed by atoms with E-state index in [0.29, 0.717) is 11.8 Å². The summed E-state index contributed by atoms with van der Waals surface area (Å²) in [4.78, 5) is 0. The number of nitrogens with one attached hydrogen (secondary N) is 1. The molecule has 1 atom stereocenters. The van der Waals surface area contributed by atoms with Crippen LogP contribution in [0.2, 0.25) is 5.02 Å². The summed E-state index contributed by atoms with van der Waals surface area (Å²) in [5.74, 6) is 2.12. The molecule has 0 spiro atoms. The van der Waals surface area contributed by atoms with Gasteiger partial charge >= 0.3 is 0 Å². The predicted octanol–water partition coefficient (Wildman–Crippen LogP) is 4.90. The molecule has 0 aliphatic carbocycles. The lowest BCUT2D eigenvalue weighted by molar-refractivity contribution is 0.249. The SMILES string of the molecule is CCCC(C)COc1cccc(Cl)c1CNCC(C)C. The Balaban J connectivity index is 2.62. The Kier molecular flexibility index (Phi) is 8.01. The molecule has 0 bridgehead atoms. The third kappa shape index (κ3) is 6.15. The Bertz CT molecular complexity index is 393. The number of ether oxygens (including phenoxy) is 1. The van der Waals surface area contributed by atoms with Gasteiger partial charge in [0.05, 0.1) is 6.61 Å². The average molecular weight is 298 g/mol. The molecule has 1 aromatic rings. The highest BCUT2D eigenvalue weighted by atomic mass is 35.5. The minimum absolute atomic E-state index is 0.579. The molecule has 114 valence electrons. The Hall–Kier alpha value is -0.730. The van der Waals surface area contributed by atoms with Crippen LogP contribution in [0.25, 0.3) is 0 Å². The summed E-state index contributed by atoms with van der Waals surface area (Å²) >= 11 is 6.30. The Morgan fingerprint density at radius 2 is 2.00 bits per heavy atom. The summed E-state index contributed by atoms with van der Waals surface area (Å²) < 4.78 is 5.97. The van der Waals surface area contributed by atoms with Gasteiger partial charge in [-0.3, -0.25) is 0 Å². The van der Waals surface area contributed by atoms with Gasteiger partial charge in [-0.05, 0) is 36.9 Å². The van der Waals surface area contributed by atoms with Gasteiger partial charge in [0.2, 0.25) is 0 Å². The first-order chi connectivity index (χ1) is 9.54. The fraction of sp³-hybridized carbons (Fsp3) is 0.647. The van der Waals surface area contributed by atoms with Gasteiger partial charge in [-0.25, -0.2) is 0 Å². The van der Waals surface area contributed by atoms with Crippen LogP contribution < -0.4 is 10.1 Å². The fourth-order valence-corrected chi connectivity index (χ4v) is 2.37. The van der Waals surface area contributed by atoms with Crippen LogP contribution in [0, 0.1) is 11.8 Å². The summed E-state index contributed by atoms with van der Waals surface area (Å²) in [6, 6.07) is 5.89. The molecule has 20 heavy (non-hydrogen) atoms. The molecular weight excluding hydrogens is 270 g/mol. The van der Waals surface area contributed by atoms with Gasteiger partial charge < -0.3 is 10.1 Å². The molecule has 0 radical (unpaired) electrons. The van der Waals surface area contributed by atoms with Crippen molar-refractivity contribution in [3.8, 4) is 5.75 Å². The first-order valence-corrected chi connectivity index (χ1v) is 8.03. The standard InChI is InChI=1S/C17H28ClNO/c1-5-7-14(4)12-20-17-9-6-8-16(18)15(17)11-19-10-13(2)3/h6,8-9,13-14,19H,5,7,10-12H2,1-4H3. The van der Waals surface area contributed by atoms with Gasteiger partial charge in [0.15, 0.2) is 0 Å². The molecule has 0 saturated carbocycles. The summed E-state index contributed by atoms with van der Waals surface area (Å²) in [6.07, 6.45) is 2.39. The molecule has 2 nitrogen and oxygen atoms in total. The van der Waals surface area contributed by atoms with E-state index in [4.69, 9.17) is 16.3 Å². The monoisotopic (exact) mass is 297 g/mol. The van der Waals surface area contributed by atoms with Gasteiger partial charge in [-0.15, -0.1) is 0 Å². The second kappa shape index (κ2) is 9.25. The maximum atomic E-state index is 6.30. The van der Waals surface area contributed by atoms with E-state index in [1.807, 2.05) is 18.2 Å². The van der Waals surface area contributed by atoms with Gasteiger partial charge in [0.25, 0.3) is 0 Å². The van der Waals surface area contributed by atoms with E-state index in [1.165, 1.54) is 12.8 Å². The number of rotatable bonds is 9. The first kappa shape index (κ1) is 17.3. The molecule has 1 aromatic carbocycles. The molecule has 0 amide bonds. The van der Waals surface area contributed by atoms with Gasteiger partial charge in [-0.2, -0.15) is 0 Å². The second-order valence-corrected chi connectivity index (χ2v) is 6.35. The van der Waals surface area contributed by atoms with Gasteiger partial charge in [0, 0.05) is 17.1 Å². The smallest absolute Gasteiger partial charge is 0.125 e. The summed E-state index contributed by atoms with van der Waals surface area (Å²) in [5, 5.41) is 4.21. The molecule has 0 aliphatic heterocycles. The Morgan fingerprint density at radius 3 is 2.65 bits per heavy atom. The first-order valence-electron chi connectivity index (χ1n) is 7.65. The quantitative estimate of drug-likeness (QED) is 0.700. The van der Waals surface area contributed by atoms with Crippen molar-refractivity contribution in [1.29, 1.82) is 0 Å². The summed E-state index contributed by atoms with van der Waals surface area (Å²) in [5.41, 5.74) is 1.07. The maximum absolute atomic E-state index is 6.30. The topological polar surface area (TPSA) is 21.3 Å². The van der Waals surface area contributed by atoms with Crippen molar-refractivity contribution in [3.05, 3.63) is 28.8 Å². The van der Waals surface area contributed by atoms with Gasteiger partial charge in [0.1, 0.15) is 5.75 Å². The van der Waals surface area contributed by atoms with Crippen molar-refractivity contribution >= 4 is 11.6 Å². The third-order valence-electron chi connectivity index (χ3n) is 3.24. The zero-order valence-electron chi connectivity index (χ0n) is 13.2. The highest BCUT2D eigenvalue weighted by Gasteiger charge is 2.10. The molecule has 1 rings (SSSR count). The van der Waals surface area contributed by atoms with Crippen LogP contribution in [-0.2, 0) is 6.54 Å². The lowest BCUT2D eigenvalue weighted by Gasteiger charge is -2.17. The highest BCUT2D eigenvalue weighted by Crippen LogP contribution is 2.27. The molecule has 0 heterocycles. The maximum Gasteiger partial charge on any atom is 0.125 e. The highest BCUT2D eigenvalue weighted by molar-refractivity contribution is 6.31. The van der Waals surface area contributed by atoms with Gasteiger partial charge in [-0.1, -0.05) is 51.8 Å². The molecule has 0 saturated heterocycles. The van der Waals surface area contributed by atoms with Crippen LogP contribution in [0.15, 0.2) is 18.2 Å². The molecular formula is C17H28ClNO. The van der Waals surface area contributed by atoms with E-state index in [9.17, 15) is 0 Å². The van der Waals surface area contributed by atoms with E-state index in [2.05, 4.69) is 33.0 Å². The van der Waals surface area contributed by atoms with Crippen LogP contribution in [0.5, 0.6) is 5.75 Å². The zero-order chi connectivity index (χ0) is 15.0. The summed E-state index contributed by atoms with van der Waals surface area (Å²) in [7, 11) is 0. The zero-order valence-corrected chi connectivity index (χ0v) is 14.0. The number of hydrogen-bond acceptors (Lipinski definition) is 2. The summed E-state index contributed by atoms with van der Waals surface area (Å²) in [6.45, 7) is 11.3. The molecule has 0 fully saturated rings. The minimum Gasteiger partial charge on any atom is -0.493 e. The van der Waals surface area contributed by atoms with Crippen molar-refractivity contribution in [2.24, 2.45) is 11.8 Å². The van der Waals surface area contributed by atoms with E-state index in [1.54, 1.807) is 0 Å². The fourth-order valence-electron chi connectivity index (χ4n) is 2.14. The van der Waals surface area contributed by atoms with E-state index in [-0.39, 0.29) is 0 Å². The normalized spacial score (nSPS) is 12.7. The molecule has 0 aromatic heterocycles. The van der Waals surface area contributed by atoms with E-state index >= 15 is 0 Å². The van der Waals surface area contributed by atoms with Crippen molar-refractivity contribution in [2.45, 2.75) is 47.1 Å². The van der Waals surface area contributed by atoms with E-state index < -0.39 is 0 Å². The van der Waals surface area contributed by atoms with Crippen molar-refractivity contribution in [2.75, 3.05) is 13.2 Å².